The second-order valence-corrected chi connectivity index (χ2v) is 4.00. The zero-order valence-electron chi connectivity index (χ0n) is 9.22. The third-order valence-corrected chi connectivity index (χ3v) is 2.87. The molecule has 3 nitrogen and oxygen atoms in total. The van der Waals surface area contributed by atoms with E-state index in [4.69, 9.17) is 0 Å². The third kappa shape index (κ3) is 1.76. The minimum absolute atomic E-state index is 0.270. The molecule has 0 saturated heterocycles. The summed E-state index contributed by atoms with van der Waals surface area (Å²) in [5.74, 6) is 0.270. The van der Waals surface area contributed by atoms with Gasteiger partial charge in [-0.1, -0.05) is 24.3 Å². The van der Waals surface area contributed by atoms with Gasteiger partial charge in [0.2, 0.25) is 0 Å². The summed E-state index contributed by atoms with van der Waals surface area (Å²) in [6.07, 6.45) is 0. The third-order valence-electron chi connectivity index (χ3n) is 2.87. The second kappa shape index (κ2) is 3.94. The highest BCUT2D eigenvalue weighted by atomic mass is 16.3. The lowest BCUT2D eigenvalue weighted by atomic mass is 9.96. The molecule has 0 amide bonds. The summed E-state index contributed by atoms with van der Waals surface area (Å²) in [7, 11) is 0. The van der Waals surface area contributed by atoms with E-state index in [2.05, 4.69) is 22.7 Å². The minimum Gasteiger partial charge on any atom is -0.508 e. The molecule has 0 spiro atoms. The fourth-order valence-electron chi connectivity index (χ4n) is 2.01. The minimum atomic E-state index is 0.270. The fourth-order valence-corrected chi connectivity index (χ4v) is 2.01. The zero-order chi connectivity index (χ0) is 11.7. The van der Waals surface area contributed by atoms with Gasteiger partial charge >= 0.3 is 0 Å². The topological polar surface area (TPSA) is 44.6 Å². The van der Waals surface area contributed by atoms with Crippen molar-refractivity contribution in [2.24, 2.45) is 5.10 Å². The van der Waals surface area contributed by atoms with Crippen LogP contribution in [0.5, 0.6) is 5.75 Å². The van der Waals surface area contributed by atoms with Crippen molar-refractivity contribution >= 4 is 5.71 Å². The van der Waals surface area contributed by atoms with E-state index < -0.39 is 0 Å². The van der Waals surface area contributed by atoms with Gasteiger partial charge in [-0.3, -0.25) is 0 Å². The Bertz CT molecular complexity index is 573. The van der Waals surface area contributed by atoms with Crippen LogP contribution in [0.4, 0.5) is 0 Å². The Kier molecular flexibility index (Phi) is 2.29. The molecule has 0 aromatic heterocycles. The molecule has 0 aliphatic carbocycles. The molecule has 0 unspecified atom stereocenters. The van der Waals surface area contributed by atoms with Crippen LogP contribution in [-0.2, 0) is 6.54 Å². The maximum absolute atomic E-state index is 9.29. The van der Waals surface area contributed by atoms with Crippen molar-refractivity contribution < 1.29 is 5.11 Å². The van der Waals surface area contributed by atoms with Crippen molar-refractivity contribution in [2.45, 2.75) is 6.54 Å². The molecule has 2 aromatic rings. The van der Waals surface area contributed by atoms with Crippen molar-refractivity contribution in [1.29, 1.82) is 0 Å². The molecule has 84 valence electrons. The van der Waals surface area contributed by atoms with E-state index in [1.807, 2.05) is 24.3 Å². The number of nitrogens with one attached hydrogen (secondary N) is 1. The Balaban J connectivity index is 2.09. The monoisotopic (exact) mass is 224 g/mol. The Hall–Kier alpha value is -2.29. The Morgan fingerprint density at radius 3 is 2.59 bits per heavy atom. The number of benzene rings is 2. The number of phenolic OH excluding ortho intramolecular Hbond substituents is 1. The molecule has 3 heteroatoms. The number of aromatic hydroxyl groups is 1. The molecular formula is C14H12N2O. The molecule has 0 saturated carbocycles. The van der Waals surface area contributed by atoms with Crippen LogP contribution in [0.25, 0.3) is 0 Å². The highest BCUT2D eigenvalue weighted by Gasteiger charge is 2.14. The molecule has 0 atom stereocenters. The lowest BCUT2D eigenvalue weighted by molar-refractivity contribution is 0.475. The number of rotatable bonds is 1. The first-order chi connectivity index (χ1) is 8.34. The first-order valence-corrected chi connectivity index (χ1v) is 5.53. The number of hydrogen-bond acceptors (Lipinski definition) is 3. The van der Waals surface area contributed by atoms with E-state index >= 15 is 0 Å². The van der Waals surface area contributed by atoms with E-state index in [1.54, 1.807) is 12.1 Å². The van der Waals surface area contributed by atoms with Crippen molar-refractivity contribution in [2.75, 3.05) is 0 Å². The smallest absolute Gasteiger partial charge is 0.115 e. The van der Waals surface area contributed by atoms with Crippen LogP contribution in [0, 0.1) is 0 Å². The lowest BCUT2D eigenvalue weighted by Crippen LogP contribution is -2.20. The number of nitrogens with zero attached hydrogens (tertiary/aromatic N) is 1. The van der Waals surface area contributed by atoms with Crippen LogP contribution in [0.1, 0.15) is 16.7 Å². The molecule has 1 aliphatic heterocycles. The van der Waals surface area contributed by atoms with Crippen molar-refractivity contribution in [1.82, 2.24) is 5.43 Å². The standard InChI is InChI=1S/C14H12N2O/c17-12-7-5-10(6-8-12)14-13-4-2-1-3-11(13)9-15-16-14/h1-8,15,17H,9H2. The molecule has 2 aromatic carbocycles. The predicted octanol–water partition coefficient (Wildman–Crippen LogP) is 2.25. The van der Waals surface area contributed by atoms with Crippen LogP contribution in [0.3, 0.4) is 0 Å². The highest BCUT2D eigenvalue weighted by Crippen LogP contribution is 2.20. The molecule has 0 radical (unpaired) electrons. The molecule has 1 heterocycles. The van der Waals surface area contributed by atoms with E-state index in [0.29, 0.717) is 0 Å². The first-order valence-electron chi connectivity index (χ1n) is 5.53. The average Bonchev–Trinajstić information content (AvgIpc) is 2.39. The predicted molar refractivity (Wildman–Crippen MR) is 67.0 cm³/mol. The van der Waals surface area contributed by atoms with Crippen molar-refractivity contribution in [3.63, 3.8) is 0 Å². The highest BCUT2D eigenvalue weighted by molar-refractivity contribution is 6.14. The van der Waals surface area contributed by atoms with Gasteiger partial charge < -0.3 is 10.5 Å². The maximum atomic E-state index is 9.29. The molecule has 2 N–H and O–H groups in total. The largest absolute Gasteiger partial charge is 0.508 e. The summed E-state index contributed by atoms with van der Waals surface area (Å²) in [6, 6.07) is 15.3. The number of hydrazone groups is 1. The summed E-state index contributed by atoms with van der Waals surface area (Å²) in [4.78, 5) is 0. The second-order valence-electron chi connectivity index (χ2n) is 4.00. The van der Waals surface area contributed by atoms with Gasteiger partial charge in [-0.15, -0.1) is 0 Å². The summed E-state index contributed by atoms with van der Waals surface area (Å²) in [6.45, 7) is 0.762. The van der Waals surface area contributed by atoms with Crippen LogP contribution >= 0.6 is 0 Å². The van der Waals surface area contributed by atoms with Crippen LogP contribution in [-0.4, -0.2) is 10.8 Å². The molecular weight excluding hydrogens is 212 g/mol. The number of hydrogen-bond donors (Lipinski definition) is 2. The fraction of sp³-hybridized carbons (Fsp3) is 0.0714. The van der Waals surface area contributed by atoms with E-state index in [0.717, 1.165) is 23.4 Å². The molecule has 3 rings (SSSR count). The van der Waals surface area contributed by atoms with E-state index in [-0.39, 0.29) is 5.75 Å². The molecule has 17 heavy (non-hydrogen) atoms. The number of fused-ring (bicyclic) bond motifs is 1. The van der Waals surface area contributed by atoms with Gasteiger partial charge in [0.05, 0.1) is 12.3 Å². The zero-order valence-corrected chi connectivity index (χ0v) is 9.22. The molecule has 0 bridgehead atoms. The summed E-state index contributed by atoms with van der Waals surface area (Å²) >= 11 is 0. The molecule has 1 aliphatic rings. The van der Waals surface area contributed by atoms with Gasteiger partial charge in [-0.2, -0.15) is 5.10 Å². The SMILES string of the molecule is Oc1ccc(C2=NNCc3ccccc32)cc1. The Labute approximate surface area is 99.4 Å². The van der Waals surface area contributed by atoms with Crippen molar-refractivity contribution in [3.05, 3.63) is 65.2 Å². The van der Waals surface area contributed by atoms with E-state index in [9.17, 15) is 5.11 Å². The number of phenols is 1. The summed E-state index contributed by atoms with van der Waals surface area (Å²) in [5.41, 5.74) is 7.35. The van der Waals surface area contributed by atoms with Gasteiger partial charge in [0.25, 0.3) is 0 Å². The Morgan fingerprint density at radius 2 is 1.76 bits per heavy atom. The van der Waals surface area contributed by atoms with Gasteiger partial charge in [-0.25, -0.2) is 0 Å². The van der Waals surface area contributed by atoms with Gasteiger partial charge in [0, 0.05) is 11.1 Å². The van der Waals surface area contributed by atoms with Gasteiger partial charge in [0.15, 0.2) is 0 Å². The van der Waals surface area contributed by atoms with Crippen molar-refractivity contribution in [3.8, 4) is 5.75 Å². The van der Waals surface area contributed by atoms with Gasteiger partial charge in [-0.05, 0) is 29.8 Å². The van der Waals surface area contributed by atoms with Crippen LogP contribution in [0.2, 0.25) is 0 Å². The molecule has 0 fully saturated rings. The van der Waals surface area contributed by atoms with Crippen LogP contribution < -0.4 is 5.43 Å². The quantitative estimate of drug-likeness (QED) is 0.780. The summed E-state index contributed by atoms with van der Waals surface area (Å²) < 4.78 is 0. The average molecular weight is 224 g/mol. The normalized spacial score (nSPS) is 13.5. The van der Waals surface area contributed by atoms with Gasteiger partial charge in [0.1, 0.15) is 5.75 Å². The van der Waals surface area contributed by atoms with Crippen LogP contribution in [0.15, 0.2) is 53.6 Å². The Morgan fingerprint density at radius 1 is 1.00 bits per heavy atom. The summed E-state index contributed by atoms with van der Waals surface area (Å²) in [5, 5.41) is 13.7. The van der Waals surface area contributed by atoms with E-state index in [1.165, 1.54) is 5.56 Å². The first kappa shape index (κ1) is 9.90. The maximum Gasteiger partial charge on any atom is 0.115 e. The lowest BCUT2D eigenvalue weighted by Gasteiger charge is -2.17.